The third kappa shape index (κ3) is 12.1. The maximum absolute atomic E-state index is 5.71. The maximum Gasteiger partial charge on any atom is 0.122 e. The van der Waals surface area contributed by atoms with Gasteiger partial charge in [-0.15, -0.1) is 0 Å². The predicted octanol–water partition coefficient (Wildman–Crippen LogP) is 8.11. The minimum absolute atomic E-state index is 0.760. The Kier molecular flexibility index (Phi) is 14.5. The van der Waals surface area contributed by atoms with Gasteiger partial charge in [-0.3, -0.25) is 0 Å². The highest BCUT2D eigenvalue weighted by Crippen LogP contribution is 2.21. The number of para-hydroxylation sites is 1. The topological polar surface area (TPSA) is 9.23 Å². The second kappa shape index (κ2) is 16.5. The zero-order chi connectivity index (χ0) is 18.0. The van der Waals surface area contributed by atoms with Crippen LogP contribution in [0.4, 0.5) is 0 Å². The van der Waals surface area contributed by atoms with Gasteiger partial charge in [-0.05, 0) is 31.4 Å². The lowest BCUT2D eigenvalue weighted by molar-refractivity contribution is 0.336. The highest BCUT2D eigenvalue weighted by Gasteiger charge is 2.02. The standard InChI is InChI=1S/C24H42O/c1-3-5-6-7-8-9-10-11-12-13-14-15-16-17-20-23-21-18-19-22-24(23)25-4-2/h18-19,21-22H,3-17,20H2,1-2H3. The van der Waals surface area contributed by atoms with Gasteiger partial charge in [-0.25, -0.2) is 0 Å². The van der Waals surface area contributed by atoms with E-state index in [-0.39, 0.29) is 0 Å². The molecule has 0 aliphatic rings. The molecule has 0 heterocycles. The molecule has 0 bridgehead atoms. The fraction of sp³-hybridized carbons (Fsp3) is 0.750. The van der Waals surface area contributed by atoms with Crippen molar-refractivity contribution in [3.8, 4) is 5.75 Å². The fourth-order valence-corrected chi connectivity index (χ4v) is 3.52. The number of ether oxygens (including phenoxy) is 1. The first-order valence-corrected chi connectivity index (χ1v) is 11.1. The summed E-state index contributed by atoms with van der Waals surface area (Å²) in [5.74, 6) is 1.08. The average Bonchev–Trinajstić information content (AvgIpc) is 2.63. The van der Waals surface area contributed by atoms with Crippen LogP contribution in [0.25, 0.3) is 0 Å². The summed E-state index contributed by atoms with van der Waals surface area (Å²) in [6.07, 6.45) is 21.0. The molecule has 0 aromatic heterocycles. The Bertz CT molecular complexity index is 399. The van der Waals surface area contributed by atoms with Gasteiger partial charge in [0.1, 0.15) is 5.75 Å². The molecule has 0 aliphatic carbocycles. The van der Waals surface area contributed by atoms with Gasteiger partial charge in [-0.2, -0.15) is 0 Å². The largest absolute Gasteiger partial charge is 0.494 e. The lowest BCUT2D eigenvalue weighted by Crippen LogP contribution is -1.96. The van der Waals surface area contributed by atoms with Crippen molar-refractivity contribution in [2.24, 2.45) is 0 Å². The molecule has 0 amide bonds. The summed E-state index contributed by atoms with van der Waals surface area (Å²) >= 11 is 0. The van der Waals surface area contributed by atoms with Crippen LogP contribution in [-0.2, 0) is 6.42 Å². The van der Waals surface area contributed by atoms with Crippen molar-refractivity contribution in [3.05, 3.63) is 29.8 Å². The van der Waals surface area contributed by atoms with E-state index in [1.54, 1.807) is 0 Å². The van der Waals surface area contributed by atoms with Gasteiger partial charge in [0.25, 0.3) is 0 Å². The summed E-state index contributed by atoms with van der Waals surface area (Å²) in [6, 6.07) is 8.51. The van der Waals surface area contributed by atoms with Crippen LogP contribution in [-0.4, -0.2) is 6.61 Å². The summed E-state index contributed by atoms with van der Waals surface area (Å²) < 4.78 is 5.71. The third-order valence-corrected chi connectivity index (χ3v) is 5.07. The normalized spacial score (nSPS) is 11.0. The van der Waals surface area contributed by atoms with E-state index in [2.05, 4.69) is 38.1 Å². The Labute approximate surface area is 157 Å². The molecule has 25 heavy (non-hydrogen) atoms. The zero-order valence-corrected chi connectivity index (χ0v) is 17.0. The SMILES string of the molecule is CCCCCCCCCCCCCCCCc1ccccc1OCC. The van der Waals surface area contributed by atoms with E-state index >= 15 is 0 Å². The molecule has 1 aromatic rings. The van der Waals surface area contributed by atoms with E-state index in [0.717, 1.165) is 18.8 Å². The quantitative estimate of drug-likeness (QED) is 0.259. The van der Waals surface area contributed by atoms with Gasteiger partial charge in [-0.1, -0.05) is 109 Å². The second-order valence-corrected chi connectivity index (χ2v) is 7.39. The molecule has 144 valence electrons. The molecule has 0 saturated heterocycles. The van der Waals surface area contributed by atoms with Crippen molar-refractivity contribution in [3.63, 3.8) is 0 Å². The highest BCUT2D eigenvalue weighted by atomic mass is 16.5. The minimum atomic E-state index is 0.760. The summed E-state index contributed by atoms with van der Waals surface area (Å²) in [4.78, 5) is 0. The molecule has 1 heteroatoms. The van der Waals surface area contributed by atoms with Crippen molar-refractivity contribution < 1.29 is 4.74 Å². The van der Waals surface area contributed by atoms with Crippen LogP contribution in [0.5, 0.6) is 5.75 Å². The van der Waals surface area contributed by atoms with Crippen LogP contribution in [0, 0.1) is 0 Å². The average molecular weight is 347 g/mol. The van der Waals surface area contributed by atoms with Gasteiger partial charge in [0.05, 0.1) is 6.61 Å². The molecule has 0 unspecified atom stereocenters. The lowest BCUT2D eigenvalue weighted by Gasteiger charge is -2.09. The number of rotatable bonds is 17. The Morgan fingerprint density at radius 2 is 1.08 bits per heavy atom. The van der Waals surface area contributed by atoms with Crippen molar-refractivity contribution in [2.45, 2.75) is 110 Å². The van der Waals surface area contributed by atoms with Crippen molar-refractivity contribution in [1.82, 2.24) is 0 Å². The first kappa shape index (κ1) is 22.1. The van der Waals surface area contributed by atoms with Gasteiger partial charge in [0.15, 0.2) is 0 Å². The molecule has 0 spiro atoms. The third-order valence-electron chi connectivity index (χ3n) is 5.07. The lowest BCUT2D eigenvalue weighted by atomic mass is 10.0. The summed E-state index contributed by atoms with van der Waals surface area (Å²) in [5, 5.41) is 0. The van der Waals surface area contributed by atoms with E-state index in [1.807, 2.05) is 0 Å². The molecular weight excluding hydrogens is 304 g/mol. The predicted molar refractivity (Wildman–Crippen MR) is 112 cm³/mol. The van der Waals surface area contributed by atoms with Crippen molar-refractivity contribution in [1.29, 1.82) is 0 Å². The number of aryl methyl sites for hydroxylation is 1. The van der Waals surface area contributed by atoms with Gasteiger partial charge in [0.2, 0.25) is 0 Å². The maximum atomic E-state index is 5.71. The summed E-state index contributed by atoms with van der Waals surface area (Å²) in [5.41, 5.74) is 1.38. The Morgan fingerprint density at radius 3 is 1.60 bits per heavy atom. The molecule has 0 atom stereocenters. The molecule has 0 fully saturated rings. The van der Waals surface area contributed by atoms with E-state index in [0.29, 0.717) is 0 Å². The molecule has 0 saturated carbocycles. The number of hydrogen-bond donors (Lipinski definition) is 0. The van der Waals surface area contributed by atoms with Crippen LogP contribution in [0.3, 0.4) is 0 Å². The fourth-order valence-electron chi connectivity index (χ4n) is 3.52. The van der Waals surface area contributed by atoms with Gasteiger partial charge in [0, 0.05) is 0 Å². The second-order valence-electron chi connectivity index (χ2n) is 7.39. The van der Waals surface area contributed by atoms with Gasteiger partial charge >= 0.3 is 0 Å². The molecule has 1 aromatic carbocycles. The summed E-state index contributed by atoms with van der Waals surface area (Å²) in [6.45, 7) is 5.11. The Morgan fingerprint density at radius 1 is 0.600 bits per heavy atom. The van der Waals surface area contributed by atoms with Crippen LogP contribution < -0.4 is 4.74 Å². The summed E-state index contributed by atoms with van der Waals surface area (Å²) in [7, 11) is 0. The van der Waals surface area contributed by atoms with E-state index in [9.17, 15) is 0 Å². The molecule has 0 radical (unpaired) electrons. The van der Waals surface area contributed by atoms with Crippen molar-refractivity contribution >= 4 is 0 Å². The Balaban J connectivity index is 1.88. The number of unbranched alkanes of at least 4 members (excludes halogenated alkanes) is 13. The first-order chi connectivity index (χ1) is 12.4. The highest BCUT2D eigenvalue weighted by molar-refractivity contribution is 5.33. The minimum Gasteiger partial charge on any atom is -0.494 e. The van der Waals surface area contributed by atoms with Crippen LogP contribution in [0.2, 0.25) is 0 Å². The smallest absolute Gasteiger partial charge is 0.122 e. The van der Waals surface area contributed by atoms with E-state index < -0.39 is 0 Å². The van der Waals surface area contributed by atoms with Crippen LogP contribution in [0.15, 0.2) is 24.3 Å². The zero-order valence-electron chi connectivity index (χ0n) is 17.0. The molecule has 0 aliphatic heterocycles. The Hall–Kier alpha value is -0.980. The van der Waals surface area contributed by atoms with Crippen LogP contribution in [0.1, 0.15) is 109 Å². The number of hydrogen-bond acceptors (Lipinski definition) is 1. The molecule has 0 N–H and O–H groups in total. The van der Waals surface area contributed by atoms with Crippen molar-refractivity contribution in [2.75, 3.05) is 6.61 Å². The molecular formula is C24H42O. The number of benzene rings is 1. The van der Waals surface area contributed by atoms with E-state index in [1.165, 1.54) is 95.5 Å². The van der Waals surface area contributed by atoms with Gasteiger partial charge < -0.3 is 4.74 Å². The van der Waals surface area contributed by atoms with E-state index in [4.69, 9.17) is 4.74 Å². The molecule has 1 rings (SSSR count). The first-order valence-electron chi connectivity index (χ1n) is 11.1. The van der Waals surface area contributed by atoms with Crippen LogP contribution >= 0.6 is 0 Å². The monoisotopic (exact) mass is 346 g/mol. The molecule has 1 nitrogen and oxygen atoms in total.